The molecule has 1 fully saturated rings. The van der Waals surface area contributed by atoms with E-state index < -0.39 is 0 Å². The number of nitrogens with zero attached hydrogens (tertiary/aromatic N) is 4. The summed E-state index contributed by atoms with van der Waals surface area (Å²) in [5.74, 6) is -0.182. The van der Waals surface area contributed by atoms with Crippen LogP contribution in [-0.2, 0) is 9.53 Å². The zero-order chi connectivity index (χ0) is 23.3. The number of carbonyl (C=O) groups excluding carboxylic acids is 2. The monoisotopic (exact) mass is 564 g/mol. The van der Waals surface area contributed by atoms with Crippen molar-refractivity contribution in [3.8, 4) is 0 Å². The highest BCUT2D eigenvalue weighted by Gasteiger charge is 2.16. The van der Waals surface area contributed by atoms with Crippen molar-refractivity contribution >= 4 is 49.4 Å². The number of halogens is 2. The summed E-state index contributed by atoms with van der Waals surface area (Å²) < 4.78 is 6.28. The first kappa shape index (κ1) is 25.9. The van der Waals surface area contributed by atoms with E-state index in [1.807, 2.05) is 18.2 Å². The third kappa shape index (κ3) is 8.63. The van der Waals surface area contributed by atoms with Crippen LogP contribution in [-0.4, -0.2) is 52.2 Å². The zero-order valence-corrected chi connectivity index (χ0v) is 21.1. The van der Waals surface area contributed by atoms with Gasteiger partial charge in [-0.25, -0.2) is 14.8 Å². The summed E-state index contributed by atoms with van der Waals surface area (Å²) in [6.45, 7) is 7.45. The number of carbonyl (C=O) groups is 2. The molecule has 2 aromatic rings. The minimum Gasteiger partial charge on any atom is -0.461 e. The molecule has 0 aromatic carbocycles. The van der Waals surface area contributed by atoms with Gasteiger partial charge in [0.15, 0.2) is 0 Å². The first-order valence-corrected chi connectivity index (χ1v) is 11.9. The third-order valence-corrected chi connectivity index (χ3v) is 5.30. The van der Waals surface area contributed by atoms with Crippen molar-refractivity contribution in [2.45, 2.75) is 32.6 Å². The molecule has 2 aliphatic heterocycles. The maximum Gasteiger partial charge on any atom is 0.356 e. The molecule has 2 aromatic heterocycles. The van der Waals surface area contributed by atoms with Gasteiger partial charge in [0.2, 0.25) is 5.91 Å². The highest BCUT2D eigenvalue weighted by atomic mass is 79.9. The van der Waals surface area contributed by atoms with Crippen LogP contribution in [0.2, 0.25) is 0 Å². The van der Waals surface area contributed by atoms with E-state index in [0.717, 1.165) is 41.9 Å². The topological polar surface area (TPSA) is 84.8 Å². The highest BCUT2D eigenvalue weighted by Crippen LogP contribution is 2.13. The van der Waals surface area contributed by atoms with E-state index >= 15 is 0 Å². The van der Waals surface area contributed by atoms with E-state index in [1.54, 1.807) is 36.2 Å². The smallest absolute Gasteiger partial charge is 0.356 e. The van der Waals surface area contributed by atoms with E-state index in [-0.39, 0.29) is 11.9 Å². The van der Waals surface area contributed by atoms with Crippen LogP contribution in [0.3, 0.4) is 0 Å². The van der Waals surface area contributed by atoms with Crippen molar-refractivity contribution in [2.24, 2.45) is 4.99 Å². The van der Waals surface area contributed by atoms with Gasteiger partial charge >= 0.3 is 5.97 Å². The molecule has 170 valence electrons. The number of amides is 1. The normalized spacial score (nSPS) is 14.5. The fraction of sp³-hybridized carbons (Fsp3) is 0.348. The Labute approximate surface area is 205 Å². The largest absolute Gasteiger partial charge is 0.461 e. The highest BCUT2D eigenvalue weighted by molar-refractivity contribution is 9.10. The molecule has 0 aliphatic carbocycles. The van der Waals surface area contributed by atoms with Crippen molar-refractivity contribution in [2.75, 3.05) is 19.7 Å². The molecule has 7 nitrogen and oxygen atoms in total. The Morgan fingerprint density at radius 2 is 1.84 bits per heavy atom. The van der Waals surface area contributed by atoms with E-state index in [9.17, 15) is 9.59 Å². The van der Waals surface area contributed by atoms with Crippen molar-refractivity contribution in [1.82, 2.24) is 14.9 Å². The average molecular weight is 566 g/mol. The summed E-state index contributed by atoms with van der Waals surface area (Å²) in [4.78, 5) is 36.1. The minimum absolute atomic E-state index is 0.208. The number of ether oxygens (including phenoxy) is 1. The van der Waals surface area contributed by atoms with Crippen LogP contribution < -0.4 is 0 Å². The lowest BCUT2D eigenvalue weighted by Gasteiger charge is -2.05. The van der Waals surface area contributed by atoms with Gasteiger partial charge in [0.25, 0.3) is 0 Å². The summed E-state index contributed by atoms with van der Waals surface area (Å²) >= 11 is 6.51. The fourth-order valence-electron chi connectivity index (χ4n) is 2.91. The fourth-order valence-corrected chi connectivity index (χ4v) is 3.59. The number of hydrogen-bond acceptors (Lipinski definition) is 6. The Hall–Kier alpha value is -2.39. The summed E-state index contributed by atoms with van der Waals surface area (Å²) in [7, 11) is 0. The predicted molar refractivity (Wildman–Crippen MR) is 132 cm³/mol. The Kier molecular flexibility index (Phi) is 11.2. The number of aliphatic imine (C=N–C) groups is 1. The number of aromatic nitrogens is 2. The first-order chi connectivity index (χ1) is 15.4. The lowest BCUT2D eigenvalue weighted by molar-refractivity contribution is -0.125. The molecule has 4 rings (SSSR count). The Balaban J connectivity index is 0.000000174. The summed E-state index contributed by atoms with van der Waals surface area (Å²) in [5.41, 5.74) is 2.49. The van der Waals surface area contributed by atoms with Crippen molar-refractivity contribution < 1.29 is 14.3 Å². The Morgan fingerprint density at radius 3 is 2.34 bits per heavy atom. The van der Waals surface area contributed by atoms with Gasteiger partial charge in [-0.1, -0.05) is 18.7 Å². The van der Waals surface area contributed by atoms with Crippen molar-refractivity contribution in [1.29, 1.82) is 0 Å². The molecular formula is C23H26Br2N4O3. The number of esters is 1. The average Bonchev–Trinajstić information content (AvgIpc) is 3.47. The van der Waals surface area contributed by atoms with Gasteiger partial charge in [-0.05, 0) is 88.5 Å². The van der Waals surface area contributed by atoms with Gasteiger partial charge in [-0.3, -0.25) is 9.79 Å². The van der Waals surface area contributed by atoms with Gasteiger partial charge in [-0.15, -0.1) is 0 Å². The first-order valence-electron chi connectivity index (χ1n) is 10.3. The summed E-state index contributed by atoms with van der Waals surface area (Å²) in [6, 6.07) is 11.0. The van der Waals surface area contributed by atoms with E-state index in [0.29, 0.717) is 23.3 Å². The third-order valence-electron chi connectivity index (χ3n) is 4.42. The second-order valence-electron chi connectivity index (χ2n) is 6.72. The van der Waals surface area contributed by atoms with Crippen LogP contribution in [0.4, 0.5) is 0 Å². The molecule has 9 heteroatoms. The van der Waals surface area contributed by atoms with E-state index in [4.69, 9.17) is 4.74 Å². The predicted octanol–water partition coefficient (Wildman–Crippen LogP) is 5.20. The van der Waals surface area contributed by atoms with Crippen LogP contribution >= 0.6 is 31.9 Å². The molecular weight excluding hydrogens is 540 g/mol. The molecule has 1 saturated heterocycles. The van der Waals surface area contributed by atoms with Crippen LogP contribution in [0.15, 0.2) is 63.4 Å². The standard InChI is InChI=1S/C9H9BrN2.C8H8BrNO2.C6H9NO/c10-9-5-1-3-8(12-9)7-4-2-6-11-7;1-2-12-8(11)6-4-3-5-7(9)10-6;1-2-7-5-3-4-6(7)8/h1,3,5H,2,4,6H2;3-5H,2H2,1H3;2H,1,3-5H2. The summed E-state index contributed by atoms with van der Waals surface area (Å²) in [6.07, 6.45) is 5.53. The van der Waals surface area contributed by atoms with Gasteiger partial charge in [-0.2, -0.15) is 0 Å². The molecule has 2 aliphatic rings. The number of likely N-dealkylation sites (tertiary alicyclic amines) is 1. The van der Waals surface area contributed by atoms with Gasteiger partial charge in [0.1, 0.15) is 14.9 Å². The van der Waals surface area contributed by atoms with Gasteiger partial charge in [0.05, 0.1) is 18.0 Å². The Bertz CT molecular complexity index is 966. The van der Waals surface area contributed by atoms with Crippen LogP contribution in [0, 0.1) is 0 Å². The molecule has 4 heterocycles. The molecule has 0 N–H and O–H groups in total. The molecule has 1 amide bonds. The minimum atomic E-state index is -0.390. The molecule has 0 unspecified atom stereocenters. The van der Waals surface area contributed by atoms with Crippen molar-refractivity contribution in [3.05, 3.63) is 69.8 Å². The van der Waals surface area contributed by atoms with Gasteiger partial charge < -0.3 is 9.64 Å². The second kappa shape index (κ2) is 13.9. The molecule has 0 atom stereocenters. The van der Waals surface area contributed by atoms with E-state index in [1.165, 1.54) is 6.42 Å². The molecule has 0 radical (unpaired) electrons. The van der Waals surface area contributed by atoms with Gasteiger partial charge in [0, 0.05) is 19.5 Å². The Morgan fingerprint density at radius 1 is 1.12 bits per heavy atom. The lowest BCUT2D eigenvalue weighted by Crippen LogP contribution is -2.16. The SMILES string of the molecule is Brc1cccc(C2=NCCC2)n1.C=CN1CCCC1=O.CCOC(=O)c1cccc(Br)n1. The van der Waals surface area contributed by atoms with Crippen LogP contribution in [0.25, 0.3) is 0 Å². The maximum atomic E-state index is 11.1. The lowest BCUT2D eigenvalue weighted by atomic mass is 10.2. The zero-order valence-electron chi connectivity index (χ0n) is 18.0. The number of pyridine rings is 2. The quantitative estimate of drug-likeness (QED) is 0.376. The molecule has 32 heavy (non-hydrogen) atoms. The van der Waals surface area contributed by atoms with E-state index in [2.05, 4.69) is 53.4 Å². The maximum absolute atomic E-state index is 11.1. The van der Waals surface area contributed by atoms with Crippen LogP contribution in [0.5, 0.6) is 0 Å². The number of hydrogen-bond donors (Lipinski definition) is 0. The summed E-state index contributed by atoms with van der Waals surface area (Å²) in [5, 5.41) is 0. The number of rotatable bonds is 4. The molecule has 0 spiro atoms. The molecule has 0 bridgehead atoms. The van der Waals surface area contributed by atoms with Crippen molar-refractivity contribution in [3.63, 3.8) is 0 Å². The molecule has 0 saturated carbocycles. The second-order valence-corrected chi connectivity index (χ2v) is 8.34. The van der Waals surface area contributed by atoms with Crippen LogP contribution in [0.1, 0.15) is 48.8 Å².